The minimum absolute atomic E-state index is 0.295. The van der Waals surface area contributed by atoms with Crippen LogP contribution in [0.25, 0.3) is 0 Å². The second-order valence-corrected chi connectivity index (χ2v) is 20.9. The normalized spacial score (nSPS) is 11.2. The second kappa shape index (κ2) is 14.0. The van der Waals surface area contributed by atoms with Gasteiger partial charge in [-0.1, -0.05) is 0 Å². The number of nitrogens with one attached hydrogen (secondary N) is 1. The van der Waals surface area contributed by atoms with Crippen LogP contribution >= 0.6 is 15.9 Å². The third kappa shape index (κ3) is 8.22. The van der Waals surface area contributed by atoms with Crippen molar-refractivity contribution in [2.45, 2.75) is 72.6 Å². The Kier molecular flexibility index (Phi) is 11.8. The summed E-state index contributed by atoms with van der Waals surface area (Å²) in [4.78, 5) is 26.4. The van der Waals surface area contributed by atoms with Gasteiger partial charge in [-0.2, -0.15) is 0 Å². The molecule has 1 N–H and O–H groups in total. The molecule has 2 rings (SSSR count). The van der Waals surface area contributed by atoms with E-state index in [1.165, 1.54) is 0 Å². The van der Waals surface area contributed by atoms with Crippen LogP contribution in [0.15, 0.2) is 53.0 Å². The number of anilines is 1. The van der Waals surface area contributed by atoms with Crippen molar-refractivity contribution in [3.05, 3.63) is 64.1 Å². The maximum atomic E-state index is 13.4. The van der Waals surface area contributed by atoms with Gasteiger partial charge in [0.15, 0.2) is 0 Å². The summed E-state index contributed by atoms with van der Waals surface area (Å²) in [7, 11) is 0. The predicted octanol–water partition coefficient (Wildman–Crippen LogP) is 8.20. The zero-order valence-corrected chi connectivity index (χ0v) is 24.0. The molecule has 0 bridgehead atoms. The Balaban J connectivity index is 2.27. The van der Waals surface area contributed by atoms with E-state index in [0.29, 0.717) is 16.8 Å². The molecule has 0 unspecified atom stereocenters. The zero-order chi connectivity index (χ0) is 23.4. The minimum atomic E-state index is -3.13. The fourth-order valence-electron chi connectivity index (χ4n) is 3.87. The molecule has 0 aliphatic rings. The van der Waals surface area contributed by atoms with Crippen LogP contribution in [0.5, 0.6) is 0 Å². The number of benzene rings is 2. The first-order valence-electron chi connectivity index (χ1n) is 11.8. The molecule has 1 amide bonds. The summed E-state index contributed by atoms with van der Waals surface area (Å²) >= 11 is 0.268. The van der Waals surface area contributed by atoms with Crippen LogP contribution in [0.2, 0.25) is 13.3 Å². The van der Waals surface area contributed by atoms with Gasteiger partial charge in [0.25, 0.3) is 0 Å². The number of halogens is 1. The number of hydrogen-bond donors (Lipinski definition) is 1. The van der Waals surface area contributed by atoms with Gasteiger partial charge in [-0.05, 0) is 0 Å². The van der Waals surface area contributed by atoms with Crippen LogP contribution in [-0.2, 0) is 3.07 Å². The number of carbonyl (C=O) groups excluding carboxylic acids is 2. The molecular formula is C26H36BrNO3Sn. The zero-order valence-electron chi connectivity index (χ0n) is 19.6. The Labute approximate surface area is 206 Å². The second-order valence-electron chi connectivity index (χ2n) is 8.39. The van der Waals surface area contributed by atoms with E-state index in [-0.39, 0.29) is 11.9 Å². The van der Waals surface area contributed by atoms with Crippen molar-refractivity contribution in [2.75, 3.05) is 5.32 Å². The Morgan fingerprint density at radius 1 is 0.812 bits per heavy atom. The molecular weight excluding hydrogens is 573 g/mol. The van der Waals surface area contributed by atoms with E-state index in [0.717, 1.165) is 56.3 Å². The summed E-state index contributed by atoms with van der Waals surface area (Å²) in [5, 5.41) is 2.90. The van der Waals surface area contributed by atoms with Crippen molar-refractivity contribution < 1.29 is 12.7 Å². The van der Waals surface area contributed by atoms with Gasteiger partial charge >= 0.3 is 207 Å². The summed E-state index contributed by atoms with van der Waals surface area (Å²) in [5.74, 6) is -0.609. The van der Waals surface area contributed by atoms with Crippen molar-refractivity contribution in [3.63, 3.8) is 0 Å². The average molecular weight is 609 g/mol. The molecule has 0 radical (unpaired) electrons. The molecule has 4 nitrogen and oxygen atoms in total. The van der Waals surface area contributed by atoms with Crippen molar-refractivity contribution in [1.82, 2.24) is 0 Å². The summed E-state index contributed by atoms with van der Waals surface area (Å²) in [5.41, 5.74) is 1.42. The van der Waals surface area contributed by atoms with Crippen molar-refractivity contribution in [2.24, 2.45) is 0 Å². The van der Waals surface area contributed by atoms with Crippen molar-refractivity contribution >= 4 is 52.3 Å². The number of hydrogen-bond acceptors (Lipinski definition) is 3. The van der Waals surface area contributed by atoms with Crippen molar-refractivity contribution in [3.8, 4) is 0 Å². The Morgan fingerprint density at radius 3 is 1.81 bits per heavy atom. The van der Waals surface area contributed by atoms with Crippen LogP contribution in [0, 0.1) is 0 Å². The molecule has 0 saturated carbocycles. The van der Waals surface area contributed by atoms with Crippen LogP contribution in [0.1, 0.15) is 80.0 Å². The predicted molar refractivity (Wildman–Crippen MR) is 139 cm³/mol. The summed E-state index contributed by atoms with van der Waals surface area (Å²) in [6.45, 7) is 6.58. The molecule has 0 aromatic heterocycles. The maximum absolute atomic E-state index is 13.4. The number of carbonyl (C=O) groups is 2. The SMILES string of the molecule is CCC[CH2][Sn]([CH2]CCC)([CH2]CCC)[O]C(=O)c1ccccc1C(=O)Nc1ccc(Br)cc1. The molecule has 0 fully saturated rings. The number of rotatable bonds is 13. The van der Waals surface area contributed by atoms with Gasteiger partial charge < -0.3 is 0 Å². The van der Waals surface area contributed by atoms with Crippen molar-refractivity contribution in [1.29, 1.82) is 0 Å². The molecule has 32 heavy (non-hydrogen) atoms. The third-order valence-electron chi connectivity index (χ3n) is 5.76. The first kappa shape index (κ1) is 26.9. The molecule has 0 aliphatic carbocycles. The van der Waals surface area contributed by atoms with Crippen LogP contribution in [0.4, 0.5) is 5.69 Å². The van der Waals surface area contributed by atoms with Gasteiger partial charge in [0.05, 0.1) is 0 Å². The fourth-order valence-corrected chi connectivity index (χ4v) is 17.1. The van der Waals surface area contributed by atoms with Gasteiger partial charge in [-0.3, -0.25) is 0 Å². The standard InChI is InChI=1S/C14H10BrNO3.3C4H9.Sn/c15-9-5-7-10(8-6-9)16-13(17)11-3-1-2-4-12(11)14(18)19;3*1-3-4-2;/h1-8H,(H,16,17)(H,18,19);3*1,3-4H2,2H3;/q;;;;+1/p-1. The van der Waals surface area contributed by atoms with Gasteiger partial charge in [-0.15, -0.1) is 0 Å². The van der Waals surface area contributed by atoms with Gasteiger partial charge in [0.2, 0.25) is 0 Å². The fraction of sp³-hybridized carbons (Fsp3) is 0.462. The molecule has 174 valence electrons. The Morgan fingerprint density at radius 2 is 1.31 bits per heavy atom. The first-order valence-corrected chi connectivity index (χ1v) is 19.8. The molecule has 0 heterocycles. The molecule has 2 aromatic rings. The van der Waals surface area contributed by atoms with E-state index in [1.807, 2.05) is 24.3 Å². The van der Waals surface area contributed by atoms with Crippen LogP contribution in [0.3, 0.4) is 0 Å². The Bertz CT molecular complexity index is 848. The number of unbranched alkanes of at least 4 members (excludes halogenated alkanes) is 3. The summed E-state index contributed by atoms with van der Waals surface area (Å²) < 4.78 is 10.6. The van der Waals surface area contributed by atoms with E-state index < -0.39 is 18.8 Å². The quantitative estimate of drug-likeness (QED) is 0.233. The van der Waals surface area contributed by atoms with E-state index >= 15 is 0 Å². The summed E-state index contributed by atoms with van der Waals surface area (Å²) in [6, 6.07) is 14.4. The van der Waals surface area contributed by atoms with Gasteiger partial charge in [-0.25, -0.2) is 0 Å². The van der Waals surface area contributed by atoms with E-state index in [1.54, 1.807) is 24.3 Å². The molecule has 0 saturated heterocycles. The molecule has 0 spiro atoms. The van der Waals surface area contributed by atoms with Gasteiger partial charge in [0.1, 0.15) is 0 Å². The van der Waals surface area contributed by atoms with Crippen LogP contribution in [-0.4, -0.2) is 30.7 Å². The first-order chi connectivity index (χ1) is 15.4. The van der Waals surface area contributed by atoms with E-state index in [4.69, 9.17) is 3.07 Å². The average Bonchev–Trinajstić information content (AvgIpc) is 2.81. The molecule has 0 aliphatic heterocycles. The number of amides is 1. The topological polar surface area (TPSA) is 55.4 Å². The van der Waals surface area contributed by atoms with Crippen LogP contribution < -0.4 is 5.32 Å². The summed E-state index contributed by atoms with van der Waals surface area (Å²) in [6.07, 6.45) is 6.68. The van der Waals surface area contributed by atoms with Gasteiger partial charge in [0, 0.05) is 0 Å². The molecule has 0 atom stereocenters. The van der Waals surface area contributed by atoms with E-state index in [2.05, 4.69) is 42.0 Å². The Hall–Kier alpha value is -1.34. The molecule has 6 heteroatoms. The third-order valence-corrected chi connectivity index (χ3v) is 18.9. The molecule has 2 aromatic carbocycles. The monoisotopic (exact) mass is 609 g/mol. The van der Waals surface area contributed by atoms with E-state index in [9.17, 15) is 9.59 Å².